The summed E-state index contributed by atoms with van der Waals surface area (Å²) in [4.78, 5) is 2.41. The van der Waals surface area contributed by atoms with E-state index in [9.17, 15) is 5.11 Å². The minimum atomic E-state index is -0.872. The van der Waals surface area contributed by atoms with E-state index in [4.69, 9.17) is 9.39 Å². The van der Waals surface area contributed by atoms with Crippen molar-refractivity contribution in [2.45, 2.75) is 45.4 Å². The van der Waals surface area contributed by atoms with E-state index in [1.165, 1.54) is 5.56 Å². The molecule has 0 radical (unpaired) electrons. The molecule has 1 fully saturated rings. The Morgan fingerprint density at radius 2 is 1.73 bits per heavy atom. The smallest absolute Gasteiger partial charge is 0.309 e. The van der Waals surface area contributed by atoms with Crippen LogP contribution in [-0.4, -0.2) is 55.0 Å². The van der Waals surface area contributed by atoms with Crippen molar-refractivity contribution in [1.82, 2.24) is 4.90 Å². The maximum absolute atomic E-state index is 10.1. The largest absolute Gasteiger partial charge is 0.427 e. The molecule has 1 aliphatic rings. The quantitative estimate of drug-likeness (QED) is 0.798. The number of aliphatic hydroxyl groups is 1. The zero-order valence-electron chi connectivity index (χ0n) is 14.3. The highest BCUT2D eigenvalue weighted by Crippen LogP contribution is 2.24. The van der Waals surface area contributed by atoms with Gasteiger partial charge in [0.05, 0.1) is 24.4 Å². The number of rotatable bonds is 6. The first-order chi connectivity index (χ1) is 10.3. The summed E-state index contributed by atoms with van der Waals surface area (Å²) in [5.74, 6) is 0. The molecule has 0 saturated carbocycles. The number of morpholine rings is 1. The molecule has 1 aliphatic heterocycles. The normalized spacial score (nSPS) is 17.5. The van der Waals surface area contributed by atoms with Crippen LogP contribution in [0.4, 0.5) is 0 Å². The van der Waals surface area contributed by atoms with Crippen molar-refractivity contribution in [3.05, 3.63) is 29.8 Å². The molecular formula is C17H28BNO3. The van der Waals surface area contributed by atoms with E-state index in [1.807, 2.05) is 13.8 Å². The van der Waals surface area contributed by atoms with Crippen LogP contribution in [0.2, 0.25) is 0 Å². The lowest BCUT2D eigenvalue weighted by Gasteiger charge is -2.37. The van der Waals surface area contributed by atoms with E-state index in [1.54, 1.807) is 13.8 Å². The summed E-state index contributed by atoms with van der Waals surface area (Å²) in [5, 5.41) is 10.1. The van der Waals surface area contributed by atoms with Crippen LogP contribution in [0.25, 0.3) is 0 Å². The Kier molecular flexibility index (Phi) is 5.67. The molecule has 1 aromatic carbocycles. The van der Waals surface area contributed by atoms with Gasteiger partial charge in [-0.1, -0.05) is 29.7 Å². The third-order valence-electron chi connectivity index (χ3n) is 4.61. The van der Waals surface area contributed by atoms with Gasteiger partial charge < -0.3 is 14.5 Å². The third-order valence-corrected chi connectivity index (χ3v) is 4.61. The Morgan fingerprint density at radius 3 is 2.27 bits per heavy atom. The van der Waals surface area contributed by atoms with E-state index < -0.39 is 11.2 Å². The van der Waals surface area contributed by atoms with E-state index in [2.05, 4.69) is 29.2 Å². The van der Waals surface area contributed by atoms with Crippen LogP contribution in [0.5, 0.6) is 0 Å². The van der Waals surface area contributed by atoms with Gasteiger partial charge in [-0.05, 0) is 33.3 Å². The fraction of sp³-hybridized carbons (Fsp3) is 0.647. The van der Waals surface area contributed by atoms with Gasteiger partial charge in [-0.3, -0.25) is 4.90 Å². The number of hydrogen-bond acceptors (Lipinski definition) is 4. The van der Waals surface area contributed by atoms with Gasteiger partial charge in [-0.25, -0.2) is 0 Å². The molecule has 0 atom stereocenters. The molecule has 0 spiro atoms. The van der Waals surface area contributed by atoms with Gasteiger partial charge in [-0.2, -0.15) is 0 Å². The molecule has 2 rings (SSSR count). The first-order valence-electron chi connectivity index (χ1n) is 8.02. The Balaban J connectivity index is 1.86. The van der Waals surface area contributed by atoms with E-state index in [0.29, 0.717) is 7.48 Å². The average Bonchev–Trinajstić information content (AvgIpc) is 2.46. The van der Waals surface area contributed by atoms with Crippen LogP contribution in [-0.2, 0) is 15.9 Å². The molecule has 0 aliphatic carbocycles. The van der Waals surface area contributed by atoms with Crippen LogP contribution in [0.3, 0.4) is 0 Å². The van der Waals surface area contributed by atoms with Gasteiger partial charge >= 0.3 is 7.48 Å². The first-order valence-corrected chi connectivity index (χ1v) is 8.02. The molecule has 122 valence electrons. The van der Waals surface area contributed by atoms with E-state index >= 15 is 0 Å². The Hall–Kier alpha value is -0.875. The molecule has 0 amide bonds. The molecule has 1 heterocycles. The van der Waals surface area contributed by atoms with Crippen molar-refractivity contribution in [2.24, 2.45) is 0 Å². The molecular weight excluding hydrogens is 277 g/mol. The summed E-state index contributed by atoms with van der Waals surface area (Å²) < 4.78 is 11.3. The Morgan fingerprint density at radius 1 is 1.14 bits per heavy atom. The summed E-state index contributed by atoms with van der Waals surface area (Å²) in [7, 11) is 0.509. The van der Waals surface area contributed by atoms with Crippen molar-refractivity contribution in [1.29, 1.82) is 0 Å². The van der Waals surface area contributed by atoms with Gasteiger partial charge in [0.25, 0.3) is 0 Å². The summed E-state index contributed by atoms with van der Waals surface area (Å²) in [6.07, 6.45) is 0. The fourth-order valence-corrected chi connectivity index (χ4v) is 2.20. The molecule has 0 bridgehead atoms. The Labute approximate surface area is 134 Å². The maximum atomic E-state index is 10.1. The van der Waals surface area contributed by atoms with Crippen LogP contribution in [0.1, 0.15) is 33.3 Å². The summed E-state index contributed by atoms with van der Waals surface area (Å²) in [6, 6.07) is 8.53. The van der Waals surface area contributed by atoms with Crippen molar-refractivity contribution < 1.29 is 14.5 Å². The topological polar surface area (TPSA) is 41.9 Å². The number of benzene rings is 1. The zero-order valence-corrected chi connectivity index (χ0v) is 14.3. The summed E-state index contributed by atoms with van der Waals surface area (Å²) in [5.41, 5.74) is 0.985. The highest BCUT2D eigenvalue weighted by atomic mass is 16.5. The second kappa shape index (κ2) is 7.13. The van der Waals surface area contributed by atoms with Crippen molar-refractivity contribution >= 4 is 12.9 Å². The predicted molar refractivity (Wildman–Crippen MR) is 90.8 cm³/mol. The highest BCUT2D eigenvalue weighted by Gasteiger charge is 2.35. The van der Waals surface area contributed by atoms with Crippen LogP contribution in [0.15, 0.2) is 24.3 Å². The number of hydrogen-bond donors (Lipinski definition) is 1. The first kappa shape index (κ1) is 17.5. The molecule has 22 heavy (non-hydrogen) atoms. The third kappa shape index (κ3) is 4.81. The highest BCUT2D eigenvalue weighted by molar-refractivity contribution is 6.47. The standard InChI is InChI=1S/C17H28BNO3/c1-16(2,20)17(3,4)22-18-15-7-5-14(6-8-15)13-19-9-11-21-12-10-19/h5-8,18,20H,9-13H2,1-4H3. The average molecular weight is 305 g/mol. The zero-order chi connectivity index (χ0) is 16.2. The summed E-state index contributed by atoms with van der Waals surface area (Å²) in [6.45, 7) is 12.0. The van der Waals surface area contributed by atoms with Crippen molar-refractivity contribution in [2.75, 3.05) is 26.3 Å². The van der Waals surface area contributed by atoms with Crippen LogP contribution >= 0.6 is 0 Å². The lowest BCUT2D eigenvalue weighted by atomic mass is 9.82. The molecule has 0 unspecified atom stereocenters. The lowest BCUT2D eigenvalue weighted by molar-refractivity contribution is -0.0893. The lowest BCUT2D eigenvalue weighted by Crippen LogP contribution is -2.49. The van der Waals surface area contributed by atoms with Gasteiger partial charge in [0.1, 0.15) is 0 Å². The molecule has 1 N–H and O–H groups in total. The van der Waals surface area contributed by atoms with Crippen molar-refractivity contribution in [3.8, 4) is 0 Å². The molecule has 1 saturated heterocycles. The second-order valence-electron chi connectivity index (χ2n) is 7.06. The molecule has 1 aromatic rings. The SMILES string of the molecule is CC(C)(O)C(C)(C)OBc1ccc(CN2CCOCC2)cc1. The monoisotopic (exact) mass is 305 g/mol. The minimum Gasteiger partial charge on any atom is -0.427 e. The fourth-order valence-electron chi connectivity index (χ4n) is 2.20. The van der Waals surface area contributed by atoms with Crippen LogP contribution < -0.4 is 5.46 Å². The molecule has 0 aromatic heterocycles. The predicted octanol–water partition coefficient (Wildman–Crippen LogP) is 1.06. The van der Waals surface area contributed by atoms with Gasteiger partial charge in [-0.15, -0.1) is 0 Å². The van der Waals surface area contributed by atoms with E-state index in [-0.39, 0.29) is 0 Å². The number of nitrogens with zero attached hydrogens (tertiary/aromatic N) is 1. The van der Waals surface area contributed by atoms with Crippen LogP contribution in [0, 0.1) is 0 Å². The van der Waals surface area contributed by atoms with Gasteiger partial charge in [0, 0.05) is 19.6 Å². The number of ether oxygens (including phenoxy) is 1. The van der Waals surface area contributed by atoms with Gasteiger partial charge in [0.2, 0.25) is 0 Å². The minimum absolute atomic E-state index is 0.509. The molecule has 4 nitrogen and oxygen atoms in total. The van der Waals surface area contributed by atoms with E-state index in [0.717, 1.165) is 38.3 Å². The van der Waals surface area contributed by atoms with Gasteiger partial charge in [0.15, 0.2) is 0 Å². The second-order valence-corrected chi connectivity index (χ2v) is 7.06. The Bertz CT molecular complexity index is 462. The maximum Gasteiger partial charge on any atom is 0.309 e. The van der Waals surface area contributed by atoms with Crippen molar-refractivity contribution in [3.63, 3.8) is 0 Å². The summed E-state index contributed by atoms with van der Waals surface area (Å²) >= 11 is 0. The molecule has 5 heteroatoms.